The van der Waals surface area contributed by atoms with E-state index in [0.29, 0.717) is 22.9 Å². The van der Waals surface area contributed by atoms with Crippen LogP contribution in [0.25, 0.3) is 10.9 Å². The molecule has 2 atom stereocenters. The van der Waals surface area contributed by atoms with Crippen molar-refractivity contribution in [3.63, 3.8) is 0 Å². The van der Waals surface area contributed by atoms with Gasteiger partial charge in [-0.2, -0.15) is 0 Å². The quantitative estimate of drug-likeness (QED) is 0.284. The van der Waals surface area contributed by atoms with Crippen LogP contribution >= 0.6 is 11.6 Å². The number of nitrogens with zero attached hydrogens (tertiary/aromatic N) is 6. The van der Waals surface area contributed by atoms with Gasteiger partial charge in [0.2, 0.25) is 17.8 Å². The largest absolute Gasteiger partial charge is 0.337 e. The van der Waals surface area contributed by atoms with Gasteiger partial charge >= 0.3 is 0 Å². The predicted octanol–water partition coefficient (Wildman–Crippen LogP) is 3.25. The molecule has 0 bridgehead atoms. The molecule has 10 nitrogen and oxygen atoms in total. The Morgan fingerprint density at radius 1 is 1.16 bits per heavy atom. The van der Waals surface area contributed by atoms with Crippen LogP contribution in [0.15, 0.2) is 55.4 Å². The molecule has 1 fully saturated rings. The Kier molecular flexibility index (Phi) is 7.10. The lowest BCUT2D eigenvalue weighted by Gasteiger charge is -2.23. The minimum Gasteiger partial charge on any atom is -0.337 e. The Hall–Kier alpha value is -4.25. The van der Waals surface area contributed by atoms with Crippen LogP contribution in [-0.2, 0) is 22.6 Å². The second-order valence-electron chi connectivity index (χ2n) is 9.09. The number of aromatic nitrogens is 5. The van der Waals surface area contributed by atoms with E-state index in [9.17, 15) is 18.8 Å². The maximum absolute atomic E-state index is 14.4. The first-order valence-corrected chi connectivity index (χ1v) is 12.3. The highest BCUT2D eigenvalue weighted by Crippen LogP contribution is 2.27. The van der Waals surface area contributed by atoms with Crippen LogP contribution in [0, 0.1) is 0 Å². The fourth-order valence-corrected chi connectivity index (χ4v) is 4.79. The van der Waals surface area contributed by atoms with Crippen molar-refractivity contribution in [2.45, 2.75) is 38.5 Å². The molecular weight excluding hydrogens is 513 g/mol. The van der Waals surface area contributed by atoms with Gasteiger partial charge in [-0.1, -0.05) is 17.7 Å². The van der Waals surface area contributed by atoms with Crippen LogP contribution in [0.1, 0.15) is 34.8 Å². The molecule has 3 aromatic heterocycles. The topological polar surface area (TPSA) is 123 Å². The molecule has 1 aliphatic heterocycles. The molecule has 1 N–H and O–H groups in total. The molecule has 0 radical (unpaired) electrons. The molecule has 5 rings (SSSR count). The van der Waals surface area contributed by atoms with Gasteiger partial charge in [-0.15, -0.1) is 0 Å². The van der Waals surface area contributed by atoms with Gasteiger partial charge in [-0.05, 0) is 36.2 Å². The molecule has 1 aromatic carbocycles. The molecule has 0 unspecified atom stereocenters. The highest BCUT2D eigenvalue weighted by molar-refractivity contribution is 6.29. The van der Waals surface area contributed by atoms with Gasteiger partial charge < -0.3 is 9.47 Å². The summed E-state index contributed by atoms with van der Waals surface area (Å²) >= 11 is 5.84. The number of halogens is 2. The summed E-state index contributed by atoms with van der Waals surface area (Å²) in [5, 5.41) is 3.35. The van der Waals surface area contributed by atoms with Gasteiger partial charge in [0.25, 0.3) is 0 Å². The third kappa shape index (κ3) is 5.37. The highest BCUT2D eigenvalue weighted by Gasteiger charge is 2.40. The number of benzene rings is 1. The zero-order chi connectivity index (χ0) is 26.8. The van der Waals surface area contributed by atoms with Crippen LogP contribution in [0.5, 0.6) is 0 Å². The standard InChI is InChI=1S/C26H23ClFN7O3/c1-15(36)20-12-34(21-3-2-16(7-19(20)21)6-17-9-29-14-30-10-17)13-24(37)35-11-18(28)8-22(35)25(38)33-26-31-5-4-23(27)32-26/h2-5,7,9-10,12,14,18,22H,6,8,11,13H2,1H3,(H,31,32,33,38)/t18-,22+/m1/s1. The van der Waals surface area contributed by atoms with Crippen molar-refractivity contribution in [1.82, 2.24) is 29.4 Å². The summed E-state index contributed by atoms with van der Waals surface area (Å²) < 4.78 is 16.0. The number of rotatable bonds is 7. The molecule has 0 saturated carbocycles. The smallest absolute Gasteiger partial charge is 0.249 e. The fourth-order valence-electron chi connectivity index (χ4n) is 4.66. The number of likely N-dealkylation sites (tertiary alicyclic amines) is 1. The molecule has 1 aliphatic rings. The van der Waals surface area contributed by atoms with Crippen molar-refractivity contribution < 1.29 is 18.8 Å². The van der Waals surface area contributed by atoms with Crippen molar-refractivity contribution in [2.75, 3.05) is 11.9 Å². The first-order chi connectivity index (χ1) is 18.3. The van der Waals surface area contributed by atoms with Gasteiger partial charge in [-0.3, -0.25) is 19.7 Å². The van der Waals surface area contributed by atoms with Gasteiger partial charge in [0.1, 0.15) is 30.2 Å². The number of Topliss-reactive ketones (excluding diaryl/α,β-unsaturated/α-hetero) is 1. The van der Waals surface area contributed by atoms with E-state index in [-0.39, 0.29) is 36.4 Å². The third-order valence-corrected chi connectivity index (χ3v) is 6.59. The van der Waals surface area contributed by atoms with Crippen LogP contribution in [-0.4, -0.2) is 65.8 Å². The van der Waals surface area contributed by atoms with E-state index >= 15 is 0 Å². The summed E-state index contributed by atoms with van der Waals surface area (Å²) in [7, 11) is 0. The Bertz CT molecular complexity index is 1530. The van der Waals surface area contributed by atoms with Gasteiger partial charge in [0.15, 0.2) is 5.78 Å². The minimum absolute atomic E-state index is 0.0300. The summed E-state index contributed by atoms with van der Waals surface area (Å²) in [5.41, 5.74) is 3.03. The summed E-state index contributed by atoms with van der Waals surface area (Å²) in [5.74, 6) is -1.23. The zero-order valence-corrected chi connectivity index (χ0v) is 21.1. The molecule has 1 saturated heterocycles. The SMILES string of the molecule is CC(=O)c1cn(CC(=O)N2C[C@H](F)C[C@H]2C(=O)Nc2nccc(Cl)n2)c2ccc(Cc3cncnc3)cc12. The van der Waals surface area contributed by atoms with Crippen LogP contribution in [0.3, 0.4) is 0 Å². The number of hydrogen-bond donors (Lipinski definition) is 1. The van der Waals surface area contributed by atoms with Gasteiger partial charge in [-0.25, -0.2) is 24.3 Å². The van der Waals surface area contributed by atoms with Crippen LogP contribution in [0.2, 0.25) is 5.15 Å². The average Bonchev–Trinajstić information content (AvgIpc) is 3.45. The Morgan fingerprint density at radius 3 is 2.68 bits per heavy atom. The average molecular weight is 536 g/mol. The first-order valence-electron chi connectivity index (χ1n) is 11.9. The first kappa shape index (κ1) is 25.4. The lowest BCUT2D eigenvalue weighted by molar-refractivity contribution is -0.137. The lowest BCUT2D eigenvalue weighted by atomic mass is 10.0. The van der Waals surface area contributed by atoms with Crippen LogP contribution in [0.4, 0.5) is 10.3 Å². The Balaban J connectivity index is 1.38. The number of ketones is 1. The number of carbonyl (C=O) groups excluding carboxylic acids is 3. The second kappa shape index (κ2) is 10.6. The fraction of sp³-hybridized carbons (Fsp3) is 0.269. The number of anilines is 1. The molecule has 4 heterocycles. The summed E-state index contributed by atoms with van der Waals surface area (Å²) in [4.78, 5) is 55.7. The lowest BCUT2D eigenvalue weighted by Crippen LogP contribution is -2.44. The van der Waals surface area contributed by atoms with E-state index in [0.717, 1.165) is 11.1 Å². The van der Waals surface area contributed by atoms with E-state index in [1.807, 2.05) is 18.2 Å². The number of alkyl halides is 1. The van der Waals surface area contributed by atoms with Gasteiger partial charge in [0, 0.05) is 54.1 Å². The number of amides is 2. The molecule has 0 aliphatic carbocycles. The Morgan fingerprint density at radius 2 is 1.95 bits per heavy atom. The molecule has 194 valence electrons. The zero-order valence-electron chi connectivity index (χ0n) is 20.3. The number of carbonyl (C=O) groups is 3. The van der Waals surface area contributed by atoms with E-state index in [1.54, 1.807) is 23.2 Å². The van der Waals surface area contributed by atoms with Crippen molar-refractivity contribution in [1.29, 1.82) is 0 Å². The summed E-state index contributed by atoms with van der Waals surface area (Å²) in [6, 6.07) is 6.09. The molecule has 38 heavy (non-hydrogen) atoms. The van der Waals surface area contributed by atoms with E-state index < -0.39 is 24.0 Å². The second-order valence-corrected chi connectivity index (χ2v) is 9.48. The van der Waals surface area contributed by atoms with Gasteiger partial charge in [0.05, 0.1) is 6.54 Å². The summed E-state index contributed by atoms with van der Waals surface area (Å²) in [6.07, 6.45) is 7.00. The Labute approximate surface area is 221 Å². The van der Waals surface area contributed by atoms with E-state index in [2.05, 4.69) is 25.3 Å². The van der Waals surface area contributed by atoms with Crippen molar-refractivity contribution in [3.05, 3.63) is 77.2 Å². The van der Waals surface area contributed by atoms with Crippen molar-refractivity contribution in [2.24, 2.45) is 0 Å². The number of fused-ring (bicyclic) bond motifs is 1. The maximum Gasteiger partial charge on any atom is 0.249 e. The molecule has 0 spiro atoms. The highest BCUT2D eigenvalue weighted by atomic mass is 35.5. The third-order valence-electron chi connectivity index (χ3n) is 6.38. The van der Waals surface area contributed by atoms with Crippen LogP contribution < -0.4 is 5.32 Å². The van der Waals surface area contributed by atoms with Crippen molar-refractivity contribution in [3.8, 4) is 0 Å². The molecule has 4 aromatic rings. The summed E-state index contributed by atoms with van der Waals surface area (Å²) in [6.45, 7) is 1.08. The molecular formula is C26H23ClFN7O3. The molecule has 12 heteroatoms. The van der Waals surface area contributed by atoms with Crippen molar-refractivity contribution >= 4 is 46.0 Å². The number of nitrogens with one attached hydrogen (secondary N) is 1. The molecule has 2 amide bonds. The van der Waals surface area contributed by atoms with E-state index in [1.165, 1.54) is 30.4 Å². The van der Waals surface area contributed by atoms with E-state index in [4.69, 9.17) is 11.6 Å². The minimum atomic E-state index is -1.35. The number of hydrogen-bond acceptors (Lipinski definition) is 7. The normalized spacial score (nSPS) is 17.1. The monoisotopic (exact) mass is 535 g/mol. The maximum atomic E-state index is 14.4. The predicted molar refractivity (Wildman–Crippen MR) is 137 cm³/mol.